The maximum Gasteiger partial charge on any atom is 0.293 e. The van der Waals surface area contributed by atoms with E-state index in [1.807, 2.05) is 0 Å². The van der Waals surface area contributed by atoms with Gasteiger partial charge in [-0.15, -0.1) is 0 Å². The van der Waals surface area contributed by atoms with Gasteiger partial charge in [-0.3, -0.25) is 19.8 Å². The van der Waals surface area contributed by atoms with Crippen LogP contribution >= 0.6 is 0 Å². The number of aromatic amines is 1. The molecule has 0 radical (unpaired) electrons. The lowest BCUT2D eigenvalue weighted by atomic mass is 10.2. The van der Waals surface area contributed by atoms with Crippen molar-refractivity contribution in [3.05, 3.63) is 40.1 Å². The molecule has 0 spiro atoms. The number of carbonyl (C=O) groups excluding carboxylic acids is 1. The number of hydrogen-bond donors (Lipinski definition) is 2. The number of H-pyrrole nitrogens is 1. The number of benzene rings is 1. The maximum absolute atomic E-state index is 12.4. The molecule has 1 aliphatic heterocycles. The molecular formula is C16H18N4O3. The van der Waals surface area contributed by atoms with E-state index in [1.54, 1.807) is 18.2 Å². The molecule has 1 aromatic heterocycles. The first kappa shape index (κ1) is 14.2. The topological polar surface area (TPSA) is 91.3 Å². The first-order chi connectivity index (χ1) is 11.1. The largest absolute Gasteiger partial charge is 0.347 e. The summed E-state index contributed by atoms with van der Waals surface area (Å²) in [4.78, 5) is 28.4. The van der Waals surface area contributed by atoms with Crippen LogP contribution in [0.25, 0.3) is 10.9 Å². The number of aromatic nitrogens is 1. The van der Waals surface area contributed by atoms with Crippen molar-refractivity contribution in [3.63, 3.8) is 0 Å². The monoisotopic (exact) mass is 314 g/mol. The van der Waals surface area contributed by atoms with Crippen LogP contribution in [-0.2, 0) is 0 Å². The number of nitro groups is 1. The molecule has 1 unspecified atom stereocenters. The smallest absolute Gasteiger partial charge is 0.293 e. The van der Waals surface area contributed by atoms with E-state index in [-0.39, 0.29) is 17.6 Å². The fourth-order valence-corrected chi connectivity index (χ4v) is 3.35. The molecular weight excluding hydrogens is 296 g/mol. The summed E-state index contributed by atoms with van der Waals surface area (Å²) in [5.41, 5.74) is 0.759. The van der Waals surface area contributed by atoms with E-state index in [9.17, 15) is 14.9 Å². The van der Waals surface area contributed by atoms with Crippen LogP contribution in [0.2, 0.25) is 0 Å². The minimum atomic E-state index is -0.439. The van der Waals surface area contributed by atoms with Crippen molar-refractivity contribution in [2.75, 3.05) is 13.1 Å². The van der Waals surface area contributed by atoms with Gasteiger partial charge in [0, 0.05) is 36.6 Å². The molecule has 1 aliphatic carbocycles. The van der Waals surface area contributed by atoms with Crippen molar-refractivity contribution in [3.8, 4) is 0 Å². The number of carbonyl (C=O) groups is 1. The van der Waals surface area contributed by atoms with Crippen molar-refractivity contribution in [1.82, 2.24) is 15.2 Å². The second kappa shape index (κ2) is 5.34. The Balaban J connectivity index is 1.51. The Morgan fingerprint density at radius 2 is 2.17 bits per heavy atom. The van der Waals surface area contributed by atoms with E-state index in [4.69, 9.17) is 0 Å². The number of rotatable bonds is 4. The Bertz CT molecular complexity index is 781. The van der Waals surface area contributed by atoms with Gasteiger partial charge >= 0.3 is 0 Å². The van der Waals surface area contributed by atoms with Crippen molar-refractivity contribution >= 4 is 22.5 Å². The number of non-ortho nitro benzene ring substituents is 1. The minimum absolute atomic E-state index is 0.0117. The van der Waals surface area contributed by atoms with Crippen molar-refractivity contribution in [2.45, 2.75) is 31.3 Å². The van der Waals surface area contributed by atoms with Crippen molar-refractivity contribution < 1.29 is 9.72 Å². The number of nitrogens with zero attached hydrogens (tertiary/aromatic N) is 2. The summed E-state index contributed by atoms with van der Waals surface area (Å²) in [6, 6.07) is 7.37. The van der Waals surface area contributed by atoms with Gasteiger partial charge in [0.1, 0.15) is 11.2 Å². The van der Waals surface area contributed by atoms with Crippen LogP contribution in [0.4, 0.5) is 5.69 Å². The van der Waals surface area contributed by atoms with Crippen LogP contribution in [0, 0.1) is 10.1 Å². The van der Waals surface area contributed by atoms with Gasteiger partial charge in [-0.05, 0) is 25.3 Å². The lowest BCUT2D eigenvalue weighted by Crippen LogP contribution is -2.37. The zero-order chi connectivity index (χ0) is 16.0. The number of nitro benzene ring substituents is 1. The van der Waals surface area contributed by atoms with Gasteiger partial charge in [0.15, 0.2) is 0 Å². The minimum Gasteiger partial charge on any atom is -0.347 e. The first-order valence-corrected chi connectivity index (χ1v) is 7.93. The second-order valence-electron chi connectivity index (χ2n) is 6.37. The predicted molar refractivity (Wildman–Crippen MR) is 85.4 cm³/mol. The number of likely N-dealkylation sites (tertiary alicyclic amines) is 1. The average Bonchev–Trinajstić information content (AvgIpc) is 3.11. The van der Waals surface area contributed by atoms with E-state index in [2.05, 4.69) is 15.2 Å². The molecule has 1 amide bonds. The van der Waals surface area contributed by atoms with Gasteiger partial charge < -0.3 is 10.3 Å². The van der Waals surface area contributed by atoms with Crippen LogP contribution in [-0.4, -0.2) is 45.9 Å². The van der Waals surface area contributed by atoms with Gasteiger partial charge in [0.2, 0.25) is 0 Å². The number of fused-ring (bicyclic) bond motifs is 1. The van der Waals surface area contributed by atoms with Crippen molar-refractivity contribution in [1.29, 1.82) is 0 Å². The van der Waals surface area contributed by atoms with E-state index < -0.39 is 4.92 Å². The maximum atomic E-state index is 12.4. The van der Waals surface area contributed by atoms with E-state index in [0.29, 0.717) is 22.6 Å². The highest BCUT2D eigenvalue weighted by molar-refractivity contribution is 6.00. The summed E-state index contributed by atoms with van der Waals surface area (Å²) in [6.07, 6.45) is 3.50. The highest BCUT2D eigenvalue weighted by atomic mass is 16.6. The summed E-state index contributed by atoms with van der Waals surface area (Å²) in [5, 5.41) is 14.8. The molecule has 4 rings (SSSR count). The molecule has 0 bridgehead atoms. The molecule has 120 valence electrons. The zero-order valence-corrected chi connectivity index (χ0v) is 12.6. The standard InChI is InChI=1S/C16H18N4O3/c21-16(17-11-6-7-19(9-11)12-4-5-12)13-8-10-2-1-3-14(20(22)23)15(10)18-13/h1-3,8,11-12,18H,4-7,9H2,(H,17,21). The number of hydrogen-bond acceptors (Lipinski definition) is 4. The summed E-state index contributed by atoms with van der Waals surface area (Å²) in [5.74, 6) is -0.196. The van der Waals surface area contributed by atoms with Crippen LogP contribution in [0.3, 0.4) is 0 Å². The Hall–Kier alpha value is -2.41. The molecule has 2 N–H and O–H groups in total. The predicted octanol–water partition coefficient (Wildman–Crippen LogP) is 2.04. The van der Waals surface area contributed by atoms with E-state index in [0.717, 1.165) is 19.5 Å². The van der Waals surface area contributed by atoms with Crippen LogP contribution in [0.1, 0.15) is 29.8 Å². The van der Waals surface area contributed by atoms with Crippen molar-refractivity contribution in [2.24, 2.45) is 0 Å². The Morgan fingerprint density at radius 3 is 2.91 bits per heavy atom. The van der Waals surface area contributed by atoms with E-state index >= 15 is 0 Å². The third-order valence-electron chi connectivity index (χ3n) is 4.69. The van der Waals surface area contributed by atoms with Crippen LogP contribution < -0.4 is 5.32 Å². The van der Waals surface area contributed by atoms with Crippen LogP contribution in [0.15, 0.2) is 24.3 Å². The lowest BCUT2D eigenvalue weighted by Gasteiger charge is -2.15. The average molecular weight is 314 g/mol. The summed E-state index contributed by atoms with van der Waals surface area (Å²) >= 11 is 0. The van der Waals surface area contributed by atoms with E-state index in [1.165, 1.54) is 18.9 Å². The Morgan fingerprint density at radius 1 is 1.35 bits per heavy atom. The molecule has 1 aromatic carbocycles. The molecule has 23 heavy (non-hydrogen) atoms. The molecule has 1 saturated heterocycles. The Labute approximate surface area is 132 Å². The normalized spacial score (nSPS) is 21.7. The summed E-state index contributed by atoms with van der Waals surface area (Å²) in [7, 11) is 0. The quantitative estimate of drug-likeness (QED) is 0.667. The molecule has 2 fully saturated rings. The second-order valence-corrected chi connectivity index (χ2v) is 6.37. The molecule has 1 atom stereocenters. The zero-order valence-electron chi connectivity index (χ0n) is 12.6. The molecule has 2 aliphatic rings. The fraction of sp³-hybridized carbons (Fsp3) is 0.438. The SMILES string of the molecule is O=C(NC1CCN(C2CC2)C1)c1cc2cccc([N+](=O)[O-])c2[nH]1. The highest BCUT2D eigenvalue weighted by Gasteiger charge is 2.35. The highest BCUT2D eigenvalue weighted by Crippen LogP contribution is 2.30. The molecule has 2 heterocycles. The van der Waals surface area contributed by atoms with Gasteiger partial charge in [0.25, 0.3) is 11.6 Å². The number of nitrogens with one attached hydrogen (secondary N) is 2. The first-order valence-electron chi connectivity index (χ1n) is 7.93. The van der Waals surface area contributed by atoms with Gasteiger partial charge in [0.05, 0.1) is 4.92 Å². The third kappa shape index (κ3) is 2.68. The number of para-hydroxylation sites is 1. The van der Waals surface area contributed by atoms with Gasteiger partial charge in [-0.25, -0.2) is 0 Å². The summed E-state index contributed by atoms with van der Waals surface area (Å²) < 4.78 is 0. The van der Waals surface area contributed by atoms with Crippen LogP contribution in [0.5, 0.6) is 0 Å². The molecule has 7 nitrogen and oxygen atoms in total. The molecule has 1 saturated carbocycles. The molecule has 2 aromatic rings. The Kier molecular flexibility index (Phi) is 3.30. The third-order valence-corrected chi connectivity index (χ3v) is 4.69. The van der Waals surface area contributed by atoms with Gasteiger partial charge in [-0.2, -0.15) is 0 Å². The molecule has 7 heteroatoms. The van der Waals surface area contributed by atoms with Gasteiger partial charge in [-0.1, -0.05) is 12.1 Å². The summed E-state index contributed by atoms with van der Waals surface area (Å²) in [6.45, 7) is 1.94. The number of amides is 1. The fourth-order valence-electron chi connectivity index (χ4n) is 3.35. The lowest BCUT2D eigenvalue weighted by molar-refractivity contribution is -0.383.